The lowest BCUT2D eigenvalue weighted by Gasteiger charge is -2.21. The molecule has 0 aliphatic heterocycles. The van der Waals surface area contributed by atoms with Gasteiger partial charge in [-0.05, 0) is 12.1 Å². The molecule has 0 unspecified atom stereocenters. The lowest BCUT2D eigenvalue weighted by Crippen LogP contribution is -2.33. The van der Waals surface area contributed by atoms with Crippen molar-refractivity contribution in [3.8, 4) is 0 Å². The topological polar surface area (TPSA) is 58.4 Å². The summed E-state index contributed by atoms with van der Waals surface area (Å²) >= 11 is 6.04. The number of likely N-dealkylation sites (N-methyl/N-ethyl adjacent to an activating group) is 2. The highest BCUT2D eigenvalue weighted by Gasteiger charge is 2.11. The quantitative estimate of drug-likeness (QED) is 0.826. The molecule has 0 bridgehead atoms. The average Bonchev–Trinajstić information content (AvgIpc) is 2.28. The molecule has 0 saturated carbocycles. The summed E-state index contributed by atoms with van der Waals surface area (Å²) in [6, 6.07) is 5.54. The minimum absolute atomic E-state index is 0.0505. The second-order valence-corrected chi connectivity index (χ2v) is 3.88. The summed E-state index contributed by atoms with van der Waals surface area (Å²) in [6.07, 6.45) is 0. The summed E-state index contributed by atoms with van der Waals surface area (Å²) in [6.45, 7) is 0.636. The summed E-state index contributed by atoms with van der Waals surface area (Å²) < 4.78 is 0. The van der Waals surface area contributed by atoms with Crippen molar-refractivity contribution in [3.05, 3.63) is 28.8 Å². The Labute approximate surface area is 100 Å². The minimum Gasteiger partial charge on any atom is -0.365 e. The van der Waals surface area contributed by atoms with E-state index < -0.39 is 0 Å². The molecule has 5 heteroatoms. The van der Waals surface area contributed by atoms with Gasteiger partial charge in [-0.2, -0.15) is 0 Å². The third kappa shape index (κ3) is 2.87. The highest BCUT2D eigenvalue weighted by molar-refractivity contribution is 6.31. The lowest BCUT2D eigenvalue weighted by molar-refractivity contribution is -0.119. The van der Waals surface area contributed by atoms with Crippen molar-refractivity contribution in [3.63, 3.8) is 0 Å². The number of anilines is 1. The van der Waals surface area contributed by atoms with Gasteiger partial charge >= 0.3 is 0 Å². The third-order valence-electron chi connectivity index (χ3n) is 2.37. The molecule has 0 radical (unpaired) electrons. The molecule has 0 heterocycles. The summed E-state index contributed by atoms with van der Waals surface area (Å²) in [5, 5.41) is 3.20. The number of halogens is 1. The van der Waals surface area contributed by atoms with Gasteiger partial charge in [-0.25, -0.2) is 0 Å². The van der Waals surface area contributed by atoms with Crippen LogP contribution >= 0.6 is 11.6 Å². The van der Waals surface area contributed by atoms with Crippen molar-refractivity contribution >= 4 is 23.2 Å². The Morgan fingerprint density at radius 3 is 2.81 bits per heavy atom. The molecule has 0 spiro atoms. The third-order valence-corrected chi connectivity index (χ3v) is 2.72. The van der Waals surface area contributed by atoms with Gasteiger partial charge in [-0.3, -0.25) is 4.79 Å². The zero-order valence-electron chi connectivity index (χ0n) is 9.46. The maximum atomic E-state index is 11.3. The molecule has 1 amide bonds. The van der Waals surface area contributed by atoms with Crippen LogP contribution in [0.4, 0.5) is 5.69 Å². The van der Waals surface area contributed by atoms with Crippen molar-refractivity contribution in [2.75, 3.05) is 25.5 Å². The van der Waals surface area contributed by atoms with E-state index in [0.29, 0.717) is 11.6 Å². The fourth-order valence-corrected chi connectivity index (χ4v) is 1.73. The molecule has 1 aromatic rings. The van der Waals surface area contributed by atoms with Gasteiger partial charge in [0.05, 0.1) is 6.54 Å². The second-order valence-electron chi connectivity index (χ2n) is 3.47. The predicted molar refractivity (Wildman–Crippen MR) is 66.7 cm³/mol. The molecule has 88 valence electrons. The van der Waals surface area contributed by atoms with Gasteiger partial charge in [-0.1, -0.05) is 17.7 Å². The molecule has 0 aliphatic carbocycles. The van der Waals surface area contributed by atoms with Crippen LogP contribution in [0, 0.1) is 0 Å². The van der Waals surface area contributed by atoms with Crippen molar-refractivity contribution in [1.29, 1.82) is 0 Å². The predicted octanol–water partition coefficient (Wildman–Crippen LogP) is 0.981. The first-order valence-electron chi connectivity index (χ1n) is 4.99. The van der Waals surface area contributed by atoms with Crippen LogP contribution < -0.4 is 16.0 Å². The zero-order valence-corrected chi connectivity index (χ0v) is 10.2. The molecule has 0 fully saturated rings. The number of hydrogen-bond acceptors (Lipinski definition) is 3. The Balaban J connectivity index is 2.94. The van der Waals surface area contributed by atoms with Gasteiger partial charge in [0.1, 0.15) is 0 Å². The van der Waals surface area contributed by atoms with Crippen LogP contribution in [0.1, 0.15) is 5.56 Å². The number of nitrogens with two attached hydrogens (primary N) is 1. The van der Waals surface area contributed by atoms with Crippen LogP contribution in [0.15, 0.2) is 18.2 Å². The highest BCUT2D eigenvalue weighted by atomic mass is 35.5. The van der Waals surface area contributed by atoms with E-state index >= 15 is 0 Å². The number of carbonyl (C=O) groups is 1. The number of rotatable bonds is 4. The molecule has 0 saturated heterocycles. The van der Waals surface area contributed by atoms with Crippen LogP contribution in [-0.4, -0.2) is 26.5 Å². The summed E-state index contributed by atoms with van der Waals surface area (Å²) in [4.78, 5) is 13.1. The van der Waals surface area contributed by atoms with Crippen molar-refractivity contribution in [2.45, 2.75) is 6.54 Å². The zero-order chi connectivity index (χ0) is 12.1. The monoisotopic (exact) mass is 241 g/mol. The van der Waals surface area contributed by atoms with Crippen molar-refractivity contribution in [2.24, 2.45) is 5.73 Å². The first kappa shape index (κ1) is 12.8. The first-order chi connectivity index (χ1) is 7.60. The number of nitrogens with zero attached hydrogens (tertiary/aromatic N) is 1. The number of hydrogen-bond donors (Lipinski definition) is 2. The van der Waals surface area contributed by atoms with Crippen LogP contribution in [0.5, 0.6) is 0 Å². The van der Waals surface area contributed by atoms with E-state index in [1.54, 1.807) is 13.1 Å². The van der Waals surface area contributed by atoms with Crippen LogP contribution in [-0.2, 0) is 11.3 Å². The van der Waals surface area contributed by atoms with E-state index in [4.69, 9.17) is 17.3 Å². The van der Waals surface area contributed by atoms with E-state index in [-0.39, 0.29) is 12.5 Å². The van der Waals surface area contributed by atoms with E-state index in [0.717, 1.165) is 11.3 Å². The Bertz CT molecular complexity index is 381. The number of benzene rings is 1. The van der Waals surface area contributed by atoms with Gasteiger partial charge in [0.2, 0.25) is 5.91 Å². The Kier molecular flexibility index (Phi) is 4.58. The Morgan fingerprint density at radius 2 is 2.25 bits per heavy atom. The van der Waals surface area contributed by atoms with Gasteiger partial charge in [0.25, 0.3) is 0 Å². The summed E-state index contributed by atoms with van der Waals surface area (Å²) in [5.74, 6) is -0.0505. The molecule has 0 aromatic heterocycles. The molecule has 3 N–H and O–H groups in total. The van der Waals surface area contributed by atoms with Crippen LogP contribution in [0.3, 0.4) is 0 Å². The molecule has 1 rings (SSSR count). The molecule has 16 heavy (non-hydrogen) atoms. The maximum absolute atomic E-state index is 11.3. The SMILES string of the molecule is CNC(=O)CN(C)c1cccc(Cl)c1CN. The fourth-order valence-electron chi connectivity index (χ4n) is 1.49. The van der Waals surface area contributed by atoms with Gasteiger partial charge in [0.15, 0.2) is 0 Å². The fraction of sp³-hybridized carbons (Fsp3) is 0.364. The first-order valence-corrected chi connectivity index (χ1v) is 5.37. The van der Waals surface area contributed by atoms with E-state index in [2.05, 4.69) is 5.32 Å². The smallest absolute Gasteiger partial charge is 0.239 e. The minimum atomic E-state index is -0.0505. The van der Waals surface area contributed by atoms with E-state index in [1.807, 2.05) is 24.1 Å². The van der Waals surface area contributed by atoms with Crippen molar-refractivity contribution in [1.82, 2.24) is 5.32 Å². The van der Waals surface area contributed by atoms with Crippen LogP contribution in [0.2, 0.25) is 5.02 Å². The van der Waals surface area contributed by atoms with Crippen molar-refractivity contribution < 1.29 is 4.79 Å². The Morgan fingerprint density at radius 1 is 1.56 bits per heavy atom. The molecule has 0 aliphatic rings. The molecular weight excluding hydrogens is 226 g/mol. The molecule has 4 nitrogen and oxygen atoms in total. The second kappa shape index (κ2) is 5.72. The van der Waals surface area contributed by atoms with Gasteiger partial charge in [0, 0.05) is 36.9 Å². The van der Waals surface area contributed by atoms with E-state index in [1.165, 1.54) is 0 Å². The van der Waals surface area contributed by atoms with E-state index in [9.17, 15) is 4.79 Å². The maximum Gasteiger partial charge on any atom is 0.239 e. The van der Waals surface area contributed by atoms with Gasteiger partial charge in [-0.15, -0.1) is 0 Å². The Hall–Kier alpha value is -1.26. The van der Waals surface area contributed by atoms with Gasteiger partial charge < -0.3 is 16.0 Å². The molecular formula is C11H16ClN3O. The average molecular weight is 242 g/mol. The van der Waals surface area contributed by atoms with Crippen LogP contribution in [0.25, 0.3) is 0 Å². The molecule has 1 aromatic carbocycles. The summed E-state index contributed by atoms with van der Waals surface area (Å²) in [7, 11) is 3.44. The normalized spacial score (nSPS) is 10.0. The summed E-state index contributed by atoms with van der Waals surface area (Å²) in [5.41, 5.74) is 7.39. The standard InChI is InChI=1S/C11H16ClN3O/c1-14-11(16)7-15(2)10-5-3-4-9(12)8(10)6-13/h3-5H,6-7,13H2,1-2H3,(H,14,16). The molecule has 0 atom stereocenters. The number of amides is 1. The number of carbonyl (C=O) groups excluding carboxylic acids is 1. The lowest BCUT2D eigenvalue weighted by atomic mass is 10.1. The highest BCUT2D eigenvalue weighted by Crippen LogP contribution is 2.26. The largest absolute Gasteiger partial charge is 0.365 e. The number of nitrogens with one attached hydrogen (secondary N) is 1.